The van der Waals surface area contributed by atoms with Crippen molar-refractivity contribution < 1.29 is 4.79 Å². The summed E-state index contributed by atoms with van der Waals surface area (Å²) in [5.41, 5.74) is 2.27. The van der Waals surface area contributed by atoms with Gasteiger partial charge in [-0.05, 0) is 31.4 Å². The van der Waals surface area contributed by atoms with Crippen molar-refractivity contribution in [2.24, 2.45) is 0 Å². The molecule has 4 heteroatoms. The van der Waals surface area contributed by atoms with E-state index in [0.717, 1.165) is 6.42 Å². The Morgan fingerprint density at radius 3 is 2.75 bits per heavy atom. The zero-order chi connectivity index (χ0) is 14.5. The van der Waals surface area contributed by atoms with Gasteiger partial charge in [-0.1, -0.05) is 24.3 Å². The fourth-order valence-electron chi connectivity index (χ4n) is 2.12. The first kappa shape index (κ1) is 14.1. The van der Waals surface area contributed by atoms with Crippen LogP contribution in [0, 0.1) is 6.92 Å². The molecular formula is C16H18N2O2. The summed E-state index contributed by atoms with van der Waals surface area (Å²) in [6, 6.07) is 9.38. The van der Waals surface area contributed by atoms with Crippen LogP contribution in [0.1, 0.15) is 28.4 Å². The first-order valence-corrected chi connectivity index (χ1v) is 6.60. The van der Waals surface area contributed by atoms with Crippen molar-refractivity contribution in [2.45, 2.75) is 26.3 Å². The molecule has 2 rings (SSSR count). The van der Waals surface area contributed by atoms with Gasteiger partial charge in [0, 0.05) is 24.5 Å². The summed E-state index contributed by atoms with van der Waals surface area (Å²) in [7, 11) is 0. The van der Waals surface area contributed by atoms with E-state index in [-0.39, 0.29) is 22.9 Å². The van der Waals surface area contributed by atoms with Crippen LogP contribution in [0.15, 0.2) is 47.5 Å². The molecule has 0 bridgehead atoms. The second kappa shape index (κ2) is 6.19. The number of H-pyrrole nitrogens is 1. The predicted octanol–water partition coefficient (Wildman–Crippen LogP) is 2.04. The van der Waals surface area contributed by atoms with E-state index in [1.54, 1.807) is 0 Å². The normalized spacial score (nSPS) is 11.9. The summed E-state index contributed by atoms with van der Waals surface area (Å²) in [4.78, 5) is 26.3. The molecule has 0 aliphatic heterocycles. The van der Waals surface area contributed by atoms with Crippen molar-refractivity contribution in [1.82, 2.24) is 10.3 Å². The average Bonchev–Trinajstić information content (AvgIpc) is 2.41. The number of carbonyl (C=O) groups excluding carboxylic acids is 1. The second-order valence-electron chi connectivity index (χ2n) is 4.93. The average molecular weight is 270 g/mol. The molecule has 1 heterocycles. The first-order valence-electron chi connectivity index (χ1n) is 6.60. The van der Waals surface area contributed by atoms with E-state index >= 15 is 0 Å². The number of aromatic nitrogens is 1. The van der Waals surface area contributed by atoms with Gasteiger partial charge in [-0.2, -0.15) is 0 Å². The number of hydrogen-bond acceptors (Lipinski definition) is 2. The highest BCUT2D eigenvalue weighted by Gasteiger charge is 2.13. The minimum Gasteiger partial charge on any atom is -0.367 e. The quantitative estimate of drug-likeness (QED) is 0.893. The smallest absolute Gasteiger partial charge is 0.256 e. The highest BCUT2D eigenvalue weighted by molar-refractivity contribution is 5.93. The zero-order valence-electron chi connectivity index (χ0n) is 11.6. The number of aryl methyl sites for hydroxylation is 1. The molecule has 1 amide bonds. The molecule has 1 atom stereocenters. The second-order valence-corrected chi connectivity index (χ2v) is 4.93. The minimum absolute atomic E-state index is 0.0387. The maximum Gasteiger partial charge on any atom is 0.256 e. The Labute approximate surface area is 117 Å². The lowest BCUT2D eigenvalue weighted by atomic mass is 10.0. The molecule has 0 aliphatic carbocycles. The van der Waals surface area contributed by atoms with Gasteiger partial charge in [0.2, 0.25) is 0 Å². The molecule has 0 radical (unpaired) electrons. The fourth-order valence-corrected chi connectivity index (χ4v) is 2.12. The monoisotopic (exact) mass is 270 g/mol. The first-order chi connectivity index (χ1) is 9.58. The molecule has 0 aliphatic rings. The van der Waals surface area contributed by atoms with Gasteiger partial charge in [0.25, 0.3) is 5.91 Å². The molecule has 1 aromatic carbocycles. The third kappa shape index (κ3) is 3.35. The molecule has 20 heavy (non-hydrogen) atoms. The molecule has 104 valence electrons. The van der Waals surface area contributed by atoms with Crippen LogP contribution in [-0.2, 0) is 6.42 Å². The van der Waals surface area contributed by atoms with Crippen LogP contribution >= 0.6 is 0 Å². The van der Waals surface area contributed by atoms with E-state index in [2.05, 4.69) is 10.3 Å². The summed E-state index contributed by atoms with van der Waals surface area (Å²) in [6.45, 7) is 3.98. The molecule has 1 aromatic heterocycles. The fraction of sp³-hybridized carbons (Fsp3) is 0.250. The SMILES string of the molecule is Cc1ccccc1CC(C)NC(=O)c1c[nH]ccc1=O. The molecule has 0 fully saturated rings. The van der Waals surface area contributed by atoms with Crippen LogP contribution in [0.25, 0.3) is 0 Å². The van der Waals surface area contributed by atoms with E-state index < -0.39 is 0 Å². The zero-order valence-corrected chi connectivity index (χ0v) is 11.6. The Morgan fingerprint density at radius 1 is 1.30 bits per heavy atom. The van der Waals surface area contributed by atoms with E-state index in [1.807, 2.05) is 38.1 Å². The Bertz CT molecular complexity index is 661. The molecule has 1 unspecified atom stereocenters. The molecule has 4 nitrogen and oxygen atoms in total. The number of pyridine rings is 1. The maximum atomic E-state index is 12.0. The number of benzene rings is 1. The lowest BCUT2D eigenvalue weighted by Gasteiger charge is -2.15. The van der Waals surface area contributed by atoms with Gasteiger partial charge in [0.15, 0.2) is 5.43 Å². The van der Waals surface area contributed by atoms with Crippen LogP contribution < -0.4 is 10.7 Å². The topological polar surface area (TPSA) is 62.0 Å². The highest BCUT2D eigenvalue weighted by Crippen LogP contribution is 2.09. The number of aromatic amines is 1. The summed E-state index contributed by atoms with van der Waals surface area (Å²) >= 11 is 0. The molecule has 2 N–H and O–H groups in total. The van der Waals surface area contributed by atoms with Gasteiger partial charge in [0.1, 0.15) is 5.56 Å². The number of nitrogens with one attached hydrogen (secondary N) is 2. The van der Waals surface area contributed by atoms with Crippen LogP contribution in [0.5, 0.6) is 0 Å². The molecule has 0 saturated carbocycles. The minimum atomic E-state index is -0.340. The Balaban J connectivity index is 2.04. The van der Waals surface area contributed by atoms with Crippen molar-refractivity contribution in [3.05, 3.63) is 69.6 Å². The number of hydrogen-bond donors (Lipinski definition) is 2. The van der Waals surface area contributed by atoms with Crippen molar-refractivity contribution in [3.8, 4) is 0 Å². The van der Waals surface area contributed by atoms with Crippen LogP contribution in [0.4, 0.5) is 0 Å². The molecule has 2 aromatic rings. The Kier molecular flexibility index (Phi) is 4.35. The van der Waals surface area contributed by atoms with E-state index in [9.17, 15) is 9.59 Å². The van der Waals surface area contributed by atoms with Gasteiger partial charge in [-0.3, -0.25) is 9.59 Å². The molecular weight excluding hydrogens is 252 g/mol. The van der Waals surface area contributed by atoms with Gasteiger partial charge in [-0.25, -0.2) is 0 Å². The predicted molar refractivity (Wildman–Crippen MR) is 78.9 cm³/mol. The molecule has 0 saturated heterocycles. The summed E-state index contributed by atoms with van der Waals surface area (Å²) in [6.07, 6.45) is 3.68. The lowest BCUT2D eigenvalue weighted by Crippen LogP contribution is -2.36. The van der Waals surface area contributed by atoms with Crippen molar-refractivity contribution in [3.63, 3.8) is 0 Å². The van der Waals surface area contributed by atoms with Gasteiger partial charge in [0.05, 0.1) is 0 Å². The van der Waals surface area contributed by atoms with Gasteiger partial charge < -0.3 is 10.3 Å². The summed E-state index contributed by atoms with van der Waals surface area (Å²) < 4.78 is 0. The van der Waals surface area contributed by atoms with Crippen LogP contribution in [0.3, 0.4) is 0 Å². The number of amides is 1. The van der Waals surface area contributed by atoms with Crippen molar-refractivity contribution in [1.29, 1.82) is 0 Å². The van der Waals surface area contributed by atoms with Crippen LogP contribution in [0.2, 0.25) is 0 Å². The summed E-state index contributed by atoms with van der Waals surface area (Å²) in [5.74, 6) is -0.340. The highest BCUT2D eigenvalue weighted by atomic mass is 16.2. The van der Waals surface area contributed by atoms with E-state index in [0.29, 0.717) is 0 Å². The van der Waals surface area contributed by atoms with Gasteiger partial charge >= 0.3 is 0 Å². The van der Waals surface area contributed by atoms with E-state index in [4.69, 9.17) is 0 Å². The van der Waals surface area contributed by atoms with Crippen molar-refractivity contribution in [2.75, 3.05) is 0 Å². The Hall–Kier alpha value is -2.36. The maximum absolute atomic E-state index is 12.0. The number of rotatable bonds is 4. The van der Waals surface area contributed by atoms with E-state index in [1.165, 1.54) is 29.6 Å². The van der Waals surface area contributed by atoms with Gasteiger partial charge in [-0.15, -0.1) is 0 Å². The van der Waals surface area contributed by atoms with Crippen LogP contribution in [-0.4, -0.2) is 16.9 Å². The largest absolute Gasteiger partial charge is 0.367 e. The third-order valence-electron chi connectivity index (χ3n) is 3.23. The molecule has 0 spiro atoms. The number of carbonyl (C=O) groups is 1. The standard InChI is InChI=1S/C16H18N2O2/c1-11-5-3-4-6-13(11)9-12(2)18-16(20)14-10-17-8-7-15(14)19/h3-8,10,12H,9H2,1-2H3,(H,17,19)(H,18,20). The summed E-state index contributed by atoms with van der Waals surface area (Å²) in [5, 5.41) is 2.85. The Morgan fingerprint density at radius 2 is 2.05 bits per heavy atom. The van der Waals surface area contributed by atoms with Crippen molar-refractivity contribution >= 4 is 5.91 Å². The lowest BCUT2D eigenvalue weighted by molar-refractivity contribution is 0.0938. The third-order valence-corrected chi connectivity index (χ3v) is 3.23.